The molecule has 0 saturated carbocycles. The predicted octanol–water partition coefficient (Wildman–Crippen LogP) is 6.10. The highest BCUT2D eigenvalue weighted by molar-refractivity contribution is 6.01. The van der Waals surface area contributed by atoms with Crippen LogP contribution in [0.5, 0.6) is 23.0 Å². The summed E-state index contributed by atoms with van der Waals surface area (Å²) in [5.74, 6) is -0.240. The lowest BCUT2D eigenvalue weighted by Gasteiger charge is -2.34. The van der Waals surface area contributed by atoms with Gasteiger partial charge in [0.15, 0.2) is 5.75 Å². The van der Waals surface area contributed by atoms with Crippen LogP contribution in [-0.4, -0.2) is 41.7 Å². The van der Waals surface area contributed by atoms with Gasteiger partial charge in [-0.25, -0.2) is 0 Å². The highest BCUT2D eigenvalue weighted by Crippen LogP contribution is 2.39. The summed E-state index contributed by atoms with van der Waals surface area (Å²) >= 11 is 0. The first-order valence-corrected chi connectivity index (χ1v) is 15.8. The fraction of sp³-hybridized carbons (Fsp3) is 0.486. The lowest BCUT2D eigenvalue weighted by Crippen LogP contribution is -2.51. The molecule has 3 aromatic rings. The van der Waals surface area contributed by atoms with Gasteiger partial charge in [-0.1, -0.05) is 54.9 Å². The molecule has 0 aliphatic heterocycles. The standard InChI is InChI=1S/C35H48N4O8/c1-11-14-34(7,8)32(43)38-46-28-18-24-16-26-20-30(47-39(22(4)41)35(9,13-3)21-40)29(44-36-10)19-25(26)15-23(24)17-27(28)45-37-31(42)33(5,6)12-2/h15-21,36H,11-14H2,1-10H3,(H,37,42)(H,38,43). The Hall–Kier alpha value is -4.58. The van der Waals surface area contributed by atoms with Crippen molar-refractivity contribution in [2.75, 3.05) is 7.05 Å². The number of carbonyl (C=O) groups excluding carboxylic acids is 4. The lowest BCUT2D eigenvalue weighted by atomic mass is 9.87. The second-order valence-electron chi connectivity index (χ2n) is 13.1. The summed E-state index contributed by atoms with van der Waals surface area (Å²) in [6, 6.07) is 10.6. The Kier molecular flexibility index (Phi) is 11.7. The second-order valence-corrected chi connectivity index (χ2v) is 13.1. The van der Waals surface area contributed by atoms with Gasteiger partial charge >= 0.3 is 0 Å². The lowest BCUT2D eigenvalue weighted by molar-refractivity contribution is -0.178. The highest BCUT2D eigenvalue weighted by Gasteiger charge is 2.35. The second kappa shape index (κ2) is 14.9. The first-order chi connectivity index (χ1) is 22.0. The van der Waals surface area contributed by atoms with Gasteiger partial charge in [-0.15, -0.1) is 0 Å². The van der Waals surface area contributed by atoms with Gasteiger partial charge in [0.2, 0.25) is 17.2 Å². The van der Waals surface area contributed by atoms with Crippen LogP contribution in [0.3, 0.4) is 0 Å². The number of benzene rings is 3. The van der Waals surface area contributed by atoms with Gasteiger partial charge < -0.3 is 24.1 Å². The molecule has 0 saturated heterocycles. The third-order valence-corrected chi connectivity index (χ3v) is 8.54. The number of fused-ring (bicyclic) bond motifs is 2. The third-order valence-electron chi connectivity index (χ3n) is 8.54. The number of hydrogen-bond donors (Lipinski definition) is 3. The van der Waals surface area contributed by atoms with Gasteiger partial charge in [-0.05, 0) is 84.1 Å². The van der Waals surface area contributed by atoms with E-state index in [0.717, 1.165) is 27.6 Å². The summed E-state index contributed by atoms with van der Waals surface area (Å²) in [5.41, 5.74) is 5.15. The van der Waals surface area contributed by atoms with E-state index in [1.54, 1.807) is 45.2 Å². The van der Waals surface area contributed by atoms with Crippen LogP contribution >= 0.6 is 0 Å². The average molecular weight is 653 g/mol. The number of hydroxylamine groups is 5. The molecule has 0 heterocycles. The van der Waals surface area contributed by atoms with E-state index in [-0.39, 0.29) is 34.8 Å². The number of nitrogens with zero attached hydrogens (tertiary/aromatic N) is 1. The number of aldehydes is 1. The molecule has 1 unspecified atom stereocenters. The smallest absolute Gasteiger partial charge is 0.258 e. The van der Waals surface area contributed by atoms with Crippen molar-refractivity contribution in [1.82, 2.24) is 21.5 Å². The zero-order valence-corrected chi connectivity index (χ0v) is 29.1. The van der Waals surface area contributed by atoms with E-state index in [9.17, 15) is 19.2 Å². The van der Waals surface area contributed by atoms with Gasteiger partial charge in [0.1, 0.15) is 11.8 Å². The Labute approximate surface area is 276 Å². The van der Waals surface area contributed by atoms with Crippen LogP contribution in [-0.2, 0) is 19.2 Å². The largest absolute Gasteiger partial charge is 0.405 e. The maximum absolute atomic E-state index is 13.0. The average Bonchev–Trinajstić information content (AvgIpc) is 3.03. The van der Waals surface area contributed by atoms with Gasteiger partial charge in [-0.2, -0.15) is 21.5 Å². The van der Waals surface area contributed by atoms with Gasteiger partial charge in [0.25, 0.3) is 17.7 Å². The molecule has 0 fully saturated rings. The van der Waals surface area contributed by atoms with Crippen molar-refractivity contribution < 1.29 is 38.5 Å². The van der Waals surface area contributed by atoms with Gasteiger partial charge in [0.05, 0.1) is 0 Å². The van der Waals surface area contributed by atoms with E-state index >= 15 is 0 Å². The van der Waals surface area contributed by atoms with E-state index in [1.165, 1.54) is 6.92 Å². The van der Waals surface area contributed by atoms with E-state index < -0.39 is 22.3 Å². The minimum Gasteiger partial charge on any atom is -0.405 e. The molecular weight excluding hydrogens is 604 g/mol. The summed E-state index contributed by atoms with van der Waals surface area (Å²) in [6.07, 6.45) is 3.08. The van der Waals surface area contributed by atoms with Crippen LogP contribution in [0.15, 0.2) is 36.4 Å². The molecule has 3 N–H and O–H groups in total. The molecule has 47 heavy (non-hydrogen) atoms. The molecule has 1 atom stereocenters. The topological polar surface area (TPSA) is 145 Å². The Morgan fingerprint density at radius 1 is 0.702 bits per heavy atom. The molecule has 0 spiro atoms. The highest BCUT2D eigenvalue weighted by atomic mass is 16.7. The fourth-order valence-electron chi connectivity index (χ4n) is 4.72. The summed E-state index contributed by atoms with van der Waals surface area (Å²) in [4.78, 5) is 73.6. The molecule has 3 amide bonds. The molecular formula is C35H48N4O8. The summed E-state index contributed by atoms with van der Waals surface area (Å²) in [5, 5.41) is 3.95. The quantitative estimate of drug-likeness (QED) is 0.0950. The van der Waals surface area contributed by atoms with Crippen LogP contribution in [0.25, 0.3) is 21.5 Å². The minimum atomic E-state index is -1.21. The van der Waals surface area contributed by atoms with Crippen molar-refractivity contribution in [3.8, 4) is 23.0 Å². The van der Waals surface area contributed by atoms with Crippen LogP contribution in [0, 0.1) is 10.8 Å². The molecule has 12 heteroatoms. The summed E-state index contributed by atoms with van der Waals surface area (Å²) < 4.78 is 0. The van der Waals surface area contributed by atoms with E-state index in [2.05, 4.69) is 16.4 Å². The maximum atomic E-state index is 13.0. The molecule has 12 nitrogen and oxygen atoms in total. The summed E-state index contributed by atoms with van der Waals surface area (Å²) in [6.45, 7) is 15.9. The molecule has 0 bridgehead atoms. The first kappa shape index (κ1) is 36.9. The molecule has 3 rings (SSSR count). The first-order valence-electron chi connectivity index (χ1n) is 15.8. The third kappa shape index (κ3) is 8.42. The van der Waals surface area contributed by atoms with Crippen molar-refractivity contribution in [3.63, 3.8) is 0 Å². The number of rotatable bonds is 16. The Morgan fingerprint density at radius 2 is 1.15 bits per heavy atom. The Bertz CT molecular complexity index is 1640. The van der Waals surface area contributed by atoms with Gasteiger partial charge in [0, 0.05) is 24.8 Å². The zero-order chi connectivity index (χ0) is 35.2. The fourth-order valence-corrected chi connectivity index (χ4v) is 4.72. The zero-order valence-electron chi connectivity index (χ0n) is 29.1. The van der Waals surface area contributed by atoms with E-state index in [4.69, 9.17) is 19.4 Å². The minimum absolute atomic E-state index is 0.172. The Morgan fingerprint density at radius 3 is 1.53 bits per heavy atom. The van der Waals surface area contributed by atoms with Crippen molar-refractivity contribution >= 4 is 45.6 Å². The van der Waals surface area contributed by atoms with Crippen LogP contribution in [0.4, 0.5) is 0 Å². The van der Waals surface area contributed by atoms with Crippen molar-refractivity contribution in [2.45, 2.75) is 93.5 Å². The number of hydrogen-bond acceptors (Lipinski definition) is 9. The Balaban J connectivity index is 2.14. The van der Waals surface area contributed by atoms with Crippen molar-refractivity contribution in [3.05, 3.63) is 36.4 Å². The molecule has 0 radical (unpaired) electrons. The van der Waals surface area contributed by atoms with Crippen LogP contribution in [0.1, 0.15) is 88.0 Å². The normalized spacial score (nSPS) is 13.0. The molecule has 0 aromatic heterocycles. The van der Waals surface area contributed by atoms with Crippen LogP contribution in [0.2, 0.25) is 0 Å². The molecule has 0 aliphatic carbocycles. The molecule has 3 aromatic carbocycles. The monoisotopic (exact) mass is 652 g/mol. The maximum Gasteiger partial charge on any atom is 0.258 e. The number of carbonyl (C=O) groups is 4. The molecule has 0 aliphatic rings. The van der Waals surface area contributed by atoms with E-state index in [1.807, 2.05) is 53.7 Å². The number of amides is 3. The SMILES string of the molecule is CCCC(C)(C)C(=O)NOc1cc2cc3cc(ON(C(C)=O)C(C)(C=O)CC)c(ONC)cc3cc2cc1ONC(=O)C(C)(C)CC. The van der Waals surface area contributed by atoms with Crippen molar-refractivity contribution in [1.29, 1.82) is 0 Å². The molecule has 256 valence electrons. The summed E-state index contributed by atoms with van der Waals surface area (Å²) in [7, 11) is 1.58. The van der Waals surface area contributed by atoms with E-state index in [0.29, 0.717) is 30.9 Å². The van der Waals surface area contributed by atoms with Crippen molar-refractivity contribution in [2.24, 2.45) is 10.8 Å². The van der Waals surface area contributed by atoms with Gasteiger partial charge in [-0.3, -0.25) is 14.4 Å². The number of nitrogens with one attached hydrogen (secondary N) is 3. The predicted molar refractivity (Wildman–Crippen MR) is 179 cm³/mol. The van der Waals surface area contributed by atoms with Crippen LogP contribution < -0.4 is 35.8 Å².